The predicted octanol–water partition coefficient (Wildman–Crippen LogP) is 6.70. The van der Waals surface area contributed by atoms with E-state index in [9.17, 15) is 9.59 Å². The molecule has 0 bridgehead atoms. The number of nitrogens with one attached hydrogen (secondary N) is 1. The second-order valence-electron chi connectivity index (χ2n) is 8.49. The minimum atomic E-state index is -0.325. The number of ether oxygens (including phenoxy) is 2. The van der Waals surface area contributed by atoms with Crippen molar-refractivity contribution in [3.63, 3.8) is 0 Å². The number of rotatable bonds is 7. The van der Waals surface area contributed by atoms with Gasteiger partial charge in [0.25, 0.3) is 11.8 Å². The molecule has 190 valence electrons. The van der Waals surface area contributed by atoms with Gasteiger partial charge in [-0.1, -0.05) is 71.5 Å². The van der Waals surface area contributed by atoms with E-state index < -0.39 is 0 Å². The van der Waals surface area contributed by atoms with Gasteiger partial charge in [0.2, 0.25) is 0 Å². The number of carbonyl (C=O) groups is 2. The summed E-state index contributed by atoms with van der Waals surface area (Å²) < 4.78 is 11.6. The number of hydrogen-bond donors (Lipinski definition) is 1. The minimum absolute atomic E-state index is 0.206. The SMILES string of the molecule is COc1cc(/C=C2\SC(=S)N(c3ccccc3C)C2=O)cc(Cl)c1OCC(=O)Nc1ccc(C)cc1C. The van der Waals surface area contributed by atoms with Crippen molar-refractivity contribution < 1.29 is 19.1 Å². The summed E-state index contributed by atoms with van der Waals surface area (Å²) in [6.45, 7) is 5.60. The second-order valence-corrected chi connectivity index (χ2v) is 10.6. The number of carbonyl (C=O) groups excluding carboxylic acids is 2. The highest BCUT2D eigenvalue weighted by Gasteiger charge is 2.34. The highest BCUT2D eigenvalue weighted by molar-refractivity contribution is 8.27. The van der Waals surface area contributed by atoms with Gasteiger partial charge in [0, 0.05) is 5.69 Å². The lowest BCUT2D eigenvalue weighted by Gasteiger charge is -2.16. The number of methoxy groups -OCH3 is 1. The molecule has 9 heteroatoms. The molecule has 6 nitrogen and oxygen atoms in total. The van der Waals surface area contributed by atoms with E-state index in [1.165, 1.54) is 23.8 Å². The van der Waals surface area contributed by atoms with Gasteiger partial charge in [-0.3, -0.25) is 14.5 Å². The number of para-hydroxylation sites is 1. The summed E-state index contributed by atoms with van der Waals surface area (Å²) in [7, 11) is 1.48. The zero-order valence-corrected chi connectivity index (χ0v) is 23.1. The van der Waals surface area contributed by atoms with Gasteiger partial charge in [0.05, 0.1) is 22.7 Å². The normalized spacial score (nSPS) is 14.3. The van der Waals surface area contributed by atoms with E-state index in [1.54, 1.807) is 18.2 Å². The molecule has 3 aromatic rings. The number of thioether (sulfide) groups is 1. The highest BCUT2D eigenvalue weighted by atomic mass is 35.5. The maximum absolute atomic E-state index is 13.2. The average molecular weight is 553 g/mol. The van der Waals surface area contributed by atoms with Crippen LogP contribution in [0.2, 0.25) is 5.02 Å². The van der Waals surface area contributed by atoms with Gasteiger partial charge < -0.3 is 14.8 Å². The Morgan fingerprint density at radius 1 is 1.11 bits per heavy atom. The number of anilines is 2. The van der Waals surface area contributed by atoms with Crippen LogP contribution < -0.4 is 19.7 Å². The van der Waals surface area contributed by atoms with E-state index in [2.05, 4.69) is 5.32 Å². The summed E-state index contributed by atoms with van der Waals surface area (Å²) in [5, 5.41) is 3.09. The van der Waals surface area contributed by atoms with Crippen LogP contribution in [-0.4, -0.2) is 29.9 Å². The first-order valence-electron chi connectivity index (χ1n) is 11.4. The van der Waals surface area contributed by atoms with Crippen molar-refractivity contribution in [2.75, 3.05) is 23.9 Å². The largest absolute Gasteiger partial charge is 0.493 e. The topological polar surface area (TPSA) is 67.9 Å². The Morgan fingerprint density at radius 2 is 1.86 bits per heavy atom. The van der Waals surface area contributed by atoms with Crippen molar-refractivity contribution >= 4 is 69.2 Å². The van der Waals surface area contributed by atoms with Crippen molar-refractivity contribution in [1.29, 1.82) is 0 Å². The molecule has 1 fully saturated rings. The molecule has 0 aliphatic carbocycles. The van der Waals surface area contributed by atoms with E-state index in [0.717, 1.165) is 28.1 Å². The quantitative estimate of drug-likeness (QED) is 0.260. The number of thiocarbonyl (C=S) groups is 1. The third kappa shape index (κ3) is 5.98. The number of halogens is 1. The summed E-state index contributed by atoms with van der Waals surface area (Å²) in [6.07, 6.45) is 1.71. The lowest BCUT2D eigenvalue weighted by Crippen LogP contribution is -2.28. The summed E-state index contributed by atoms with van der Waals surface area (Å²) in [6, 6.07) is 16.7. The first-order valence-corrected chi connectivity index (χ1v) is 13.0. The monoisotopic (exact) mass is 552 g/mol. The molecule has 0 unspecified atom stereocenters. The third-order valence-corrected chi connectivity index (χ3v) is 7.29. The first-order chi connectivity index (χ1) is 17.7. The molecule has 0 radical (unpaired) electrons. The molecule has 1 aliphatic rings. The fraction of sp³-hybridized carbons (Fsp3) is 0.179. The molecule has 2 amide bonds. The van der Waals surface area contributed by atoms with Crippen LogP contribution in [0.25, 0.3) is 6.08 Å². The van der Waals surface area contributed by atoms with Crippen LogP contribution in [0, 0.1) is 20.8 Å². The van der Waals surface area contributed by atoms with Gasteiger partial charge in [0.15, 0.2) is 22.4 Å². The molecule has 4 rings (SSSR count). The standard InChI is InChI=1S/C28H25ClN2O4S2/c1-16-9-10-21(18(3)11-16)30-25(32)15-35-26-20(29)12-19(13-23(26)34-4)14-24-27(33)31(28(36)37-24)22-8-6-5-7-17(22)2/h5-14H,15H2,1-4H3,(H,30,32)/b24-14-. The Hall–Kier alpha value is -3.33. The molecule has 1 heterocycles. The van der Waals surface area contributed by atoms with Gasteiger partial charge in [-0.25, -0.2) is 0 Å². The van der Waals surface area contributed by atoms with Gasteiger partial charge in [0.1, 0.15) is 0 Å². The fourth-order valence-electron chi connectivity index (χ4n) is 3.88. The Kier molecular flexibility index (Phi) is 8.22. The summed E-state index contributed by atoms with van der Waals surface area (Å²) >= 11 is 13.2. The molecule has 1 N–H and O–H groups in total. The molecule has 1 saturated heterocycles. The predicted molar refractivity (Wildman–Crippen MR) is 155 cm³/mol. The van der Waals surface area contributed by atoms with E-state index in [4.69, 9.17) is 33.3 Å². The summed E-state index contributed by atoms with van der Waals surface area (Å²) in [4.78, 5) is 27.6. The molecule has 0 aromatic heterocycles. The zero-order chi connectivity index (χ0) is 26.7. The number of nitrogens with zero attached hydrogens (tertiary/aromatic N) is 1. The van der Waals surface area contributed by atoms with Gasteiger partial charge >= 0.3 is 0 Å². The third-order valence-electron chi connectivity index (χ3n) is 5.70. The van der Waals surface area contributed by atoms with E-state index >= 15 is 0 Å². The lowest BCUT2D eigenvalue weighted by molar-refractivity contribution is -0.118. The second kappa shape index (κ2) is 11.4. The van der Waals surface area contributed by atoms with Crippen molar-refractivity contribution in [3.05, 3.63) is 86.8 Å². The number of aryl methyl sites for hydroxylation is 3. The molecule has 0 spiro atoms. The Labute approximate surface area is 230 Å². The average Bonchev–Trinajstić information content (AvgIpc) is 3.12. The lowest BCUT2D eigenvalue weighted by atomic mass is 10.1. The molecule has 0 atom stereocenters. The zero-order valence-electron chi connectivity index (χ0n) is 20.8. The van der Waals surface area contributed by atoms with Crippen LogP contribution in [0.15, 0.2) is 59.5 Å². The van der Waals surface area contributed by atoms with Crippen molar-refractivity contribution in [2.24, 2.45) is 0 Å². The van der Waals surface area contributed by atoms with Crippen LogP contribution in [0.4, 0.5) is 11.4 Å². The van der Waals surface area contributed by atoms with Gasteiger partial charge in [-0.15, -0.1) is 0 Å². The van der Waals surface area contributed by atoms with E-state index in [1.807, 2.05) is 63.2 Å². The molecular formula is C28H25ClN2O4S2. The maximum atomic E-state index is 13.2. The van der Waals surface area contributed by atoms with Crippen LogP contribution >= 0.6 is 35.6 Å². The van der Waals surface area contributed by atoms with E-state index in [-0.39, 0.29) is 29.2 Å². The molecule has 1 aliphatic heterocycles. The first kappa shape index (κ1) is 26.7. The van der Waals surface area contributed by atoms with Crippen LogP contribution in [0.3, 0.4) is 0 Å². The van der Waals surface area contributed by atoms with Crippen molar-refractivity contribution in [1.82, 2.24) is 0 Å². The molecule has 37 heavy (non-hydrogen) atoms. The van der Waals surface area contributed by atoms with Gasteiger partial charge in [-0.2, -0.15) is 0 Å². The Morgan fingerprint density at radius 3 is 2.57 bits per heavy atom. The fourth-order valence-corrected chi connectivity index (χ4v) is 5.44. The molecule has 3 aromatic carbocycles. The van der Waals surface area contributed by atoms with Crippen LogP contribution in [0.1, 0.15) is 22.3 Å². The summed E-state index contributed by atoms with van der Waals surface area (Å²) in [5.74, 6) is 0.0498. The van der Waals surface area contributed by atoms with Crippen molar-refractivity contribution in [2.45, 2.75) is 20.8 Å². The van der Waals surface area contributed by atoms with Crippen LogP contribution in [-0.2, 0) is 9.59 Å². The molecule has 0 saturated carbocycles. The Balaban J connectivity index is 1.51. The van der Waals surface area contributed by atoms with E-state index in [0.29, 0.717) is 20.5 Å². The number of amides is 2. The Bertz CT molecular complexity index is 1440. The minimum Gasteiger partial charge on any atom is -0.493 e. The van der Waals surface area contributed by atoms with Crippen molar-refractivity contribution in [3.8, 4) is 11.5 Å². The van der Waals surface area contributed by atoms with Crippen LogP contribution in [0.5, 0.6) is 11.5 Å². The molecular weight excluding hydrogens is 528 g/mol. The maximum Gasteiger partial charge on any atom is 0.270 e. The smallest absolute Gasteiger partial charge is 0.270 e. The number of hydrogen-bond acceptors (Lipinski definition) is 6. The summed E-state index contributed by atoms with van der Waals surface area (Å²) in [5.41, 5.74) is 5.14. The van der Waals surface area contributed by atoms with Gasteiger partial charge in [-0.05, 0) is 67.8 Å². The number of benzene rings is 3. The highest BCUT2D eigenvalue weighted by Crippen LogP contribution is 2.40.